The second kappa shape index (κ2) is 3.41. The summed E-state index contributed by atoms with van der Waals surface area (Å²) in [6.45, 7) is 5.45. The van der Waals surface area contributed by atoms with Crippen molar-refractivity contribution in [2.45, 2.75) is 26.4 Å². The van der Waals surface area contributed by atoms with Gasteiger partial charge in [0.1, 0.15) is 5.60 Å². The zero-order chi connectivity index (χ0) is 10.9. The molecule has 1 rings (SSSR count). The first-order valence-electron chi connectivity index (χ1n) is 3.90. The molecule has 2 N–H and O–H groups in total. The second-order valence-electron chi connectivity index (χ2n) is 3.68. The molecule has 1 aromatic rings. The number of nitrogens with zero attached hydrogens (tertiary/aromatic N) is 2. The number of hydrogen-bond acceptors (Lipinski definition) is 6. The van der Waals surface area contributed by atoms with Crippen molar-refractivity contribution in [3.63, 3.8) is 0 Å². The molecule has 0 aliphatic rings. The number of nitro groups is 1. The summed E-state index contributed by atoms with van der Waals surface area (Å²) in [4.78, 5) is 9.87. The first-order chi connectivity index (χ1) is 6.31. The van der Waals surface area contributed by atoms with Crippen LogP contribution in [-0.2, 0) is 0 Å². The zero-order valence-electron chi connectivity index (χ0n) is 8.10. The van der Waals surface area contributed by atoms with Gasteiger partial charge < -0.3 is 10.5 Å². The highest BCUT2D eigenvalue weighted by atomic mass is 32.1. The number of nitrogen functional groups attached to an aromatic ring is 1. The topological polar surface area (TPSA) is 91.3 Å². The number of hydrogen-bond donors (Lipinski definition) is 1. The Labute approximate surface area is 85.0 Å². The average Bonchev–Trinajstić information content (AvgIpc) is 2.29. The van der Waals surface area contributed by atoms with Crippen molar-refractivity contribution in [1.29, 1.82) is 0 Å². The molecule has 14 heavy (non-hydrogen) atoms. The summed E-state index contributed by atoms with van der Waals surface area (Å²) in [7, 11) is 0. The molecule has 6 nitrogen and oxygen atoms in total. The van der Waals surface area contributed by atoms with Gasteiger partial charge in [0.05, 0.1) is 4.92 Å². The van der Waals surface area contributed by atoms with E-state index in [0.717, 1.165) is 11.5 Å². The van der Waals surface area contributed by atoms with Gasteiger partial charge in [-0.3, -0.25) is 10.1 Å². The van der Waals surface area contributed by atoms with Gasteiger partial charge in [0.15, 0.2) is 5.69 Å². The number of ether oxygens (including phenoxy) is 1. The van der Waals surface area contributed by atoms with Gasteiger partial charge >= 0.3 is 5.00 Å². The minimum atomic E-state index is -0.567. The Hall–Kier alpha value is -1.37. The molecular weight excluding hydrogens is 206 g/mol. The molecule has 0 amide bonds. The summed E-state index contributed by atoms with van der Waals surface area (Å²) in [5.41, 5.74) is 5.03. The molecule has 0 aromatic carbocycles. The lowest BCUT2D eigenvalue weighted by Crippen LogP contribution is -2.23. The third kappa shape index (κ3) is 2.32. The van der Waals surface area contributed by atoms with E-state index in [1.165, 1.54) is 0 Å². The van der Waals surface area contributed by atoms with Crippen LogP contribution in [0, 0.1) is 10.1 Å². The van der Waals surface area contributed by atoms with E-state index in [1.54, 1.807) is 0 Å². The number of nitrogens with two attached hydrogens (primary N) is 1. The highest BCUT2D eigenvalue weighted by molar-refractivity contribution is 7.10. The van der Waals surface area contributed by atoms with Gasteiger partial charge in [0.2, 0.25) is 0 Å². The fourth-order valence-electron chi connectivity index (χ4n) is 0.770. The summed E-state index contributed by atoms with van der Waals surface area (Å²) >= 11 is 0.726. The normalized spacial score (nSPS) is 11.4. The maximum absolute atomic E-state index is 10.4. The summed E-state index contributed by atoms with van der Waals surface area (Å²) in [6.07, 6.45) is 0. The van der Waals surface area contributed by atoms with Gasteiger partial charge in [0, 0.05) is 11.5 Å². The van der Waals surface area contributed by atoms with Crippen LogP contribution in [0.2, 0.25) is 0 Å². The average molecular weight is 217 g/mol. The van der Waals surface area contributed by atoms with Crippen molar-refractivity contribution in [3.8, 4) is 5.88 Å². The molecule has 0 unspecified atom stereocenters. The molecule has 0 radical (unpaired) electrons. The van der Waals surface area contributed by atoms with Crippen molar-refractivity contribution >= 4 is 22.2 Å². The predicted molar refractivity (Wildman–Crippen MR) is 53.6 cm³/mol. The van der Waals surface area contributed by atoms with Gasteiger partial charge in [-0.2, -0.15) is 0 Å². The Morgan fingerprint density at radius 3 is 2.50 bits per heavy atom. The van der Waals surface area contributed by atoms with Crippen molar-refractivity contribution < 1.29 is 9.66 Å². The lowest BCUT2D eigenvalue weighted by Gasteiger charge is -2.18. The van der Waals surface area contributed by atoms with Crippen LogP contribution in [0.3, 0.4) is 0 Å². The minimum absolute atomic E-state index is 0.00470. The lowest BCUT2D eigenvalue weighted by atomic mass is 10.2. The highest BCUT2D eigenvalue weighted by Crippen LogP contribution is 2.36. The van der Waals surface area contributed by atoms with Crippen molar-refractivity contribution in [3.05, 3.63) is 10.1 Å². The van der Waals surface area contributed by atoms with Gasteiger partial charge in [-0.1, -0.05) is 0 Å². The molecule has 0 spiro atoms. The van der Waals surface area contributed by atoms with Crippen LogP contribution < -0.4 is 10.5 Å². The quantitative estimate of drug-likeness (QED) is 0.602. The smallest absolute Gasteiger partial charge is 0.370 e. The Balaban J connectivity index is 2.96. The van der Waals surface area contributed by atoms with Crippen molar-refractivity contribution in [1.82, 2.24) is 4.37 Å². The lowest BCUT2D eigenvalue weighted by molar-refractivity contribution is -0.379. The van der Waals surface area contributed by atoms with E-state index < -0.39 is 10.5 Å². The van der Waals surface area contributed by atoms with Crippen molar-refractivity contribution in [2.24, 2.45) is 0 Å². The summed E-state index contributed by atoms with van der Waals surface area (Å²) in [6, 6.07) is 0. The molecule has 7 heteroatoms. The van der Waals surface area contributed by atoms with Crippen LogP contribution in [0.25, 0.3) is 0 Å². The van der Waals surface area contributed by atoms with Crippen LogP contribution in [0.4, 0.5) is 10.7 Å². The largest absolute Gasteiger partial charge is 0.470 e. The zero-order valence-corrected chi connectivity index (χ0v) is 8.92. The SMILES string of the molecule is CC(C)(C)Oc1nsc([N+](=O)[O-])c1N. The van der Waals surface area contributed by atoms with Crippen molar-refractivity contribution in [2.75, 3.05) is 5.73 Å². The van der Waals surface area contributed by atoms with Crippen LogP contribution >= 0.6 is 11.5 Å². The van der Waals surface area contributed by atoms with E-state index in [4.69, 9.17) is 10.5 Å². The summed E-state index contributed by atoms with van der Waals surface area (Å²) in [5.74, 6) is 0.134. The number of anilines is 1. The van der Waals surface area contributed by atoms with E-state index in [0.29, 0.717) is 0 Å². The fourth-order valence-corrected chi connectivity index (χ4v) is 1.33. The van der Waals surface area contributed by atoms with Gasteiger partial charge in [-0.05, 0) is 20.8 Å². The standard InChI is InChI=1S/C7H11N3O3S/c1-7(2,3)13-5-4(8)6(10(11)12)14-9-5/h8H2,1-3H3. The first kappa shape index (κ1) is 10.7. The predicted octanol–water partition coefficient (Wildman–Crippen LogP) is 1.81. The Kier molecular flexibility index (Phi) is 2.61. The molecule has 0 bridgehead atoms. The molecule has 1 heterocycles. The monoisotopic (exact) mass is 217 g/mol. The van der Waals surface area contributed by atoms with E-state index in [2.05, 4.69) is 4.37 Å². The van der Waals surface area contributed by atoms with E-state index in [1.807, 2.05) is 20.8 Å². The molecule has 1 aromatic heterocycles. The third-order valence-corrected chi connectivity index (χ3v) is 2.04. The van der Waals surface area contributed by atoms with Gasteiger partial charge in [-0.15, -0.1) is 4.37 Å². The van der Waals surface area contributed by atoms with Crippen LogP contribution in [0.5, 0.6) is 5.88 Å². The molecule has 0 atom stereocenters. The molecule has 78 valence electrons. The van der Waals surface area contributed by atoms with E-state index >= 15 is 0 Å². The number of aromatic nitrogens is 1. The maximum atomic E-state index is 10.4. The first-order valence-corrected chi connectivity index (χ1v) is 4.67. The highest BCUT2D eigenvalue weighted by Gasteiger charge is 2.24. The summed E-state index contributed by atoms with van der Waals surface area (Å²) < 4.78 is 9.11. The van der Waals surface area contributed by atoms with E-state index in [-0.39, 0.29) is 16.6 Å². The van der Waals surface area contributed by atoms with Crippen LogP contribution in [0.1, 0.15) is 20.8 Å². The third-order valence-electron chi connectivity index (χ3n) is 1.24. The van der Waals surface area contributed by atoms with Gasteiger partial charge in [-0.25, -0.2) is 0 Å². The van der Waals surface area contributed by atoms with E-state index in [9.17, 15) is 10.1 Å². The Morgan fingerprint density at radius 1 is 1.57 bits per heavy atom. The molecule has 0 fully saturated rings. The Bertz CT molecular complexity index is 356. The number of rotatable bonds is 2. The van der Waals surface area contributed by atoms with Crippen LogP contribution in [-0.4, -0.2) is 14.9 Å². The van der Waals surface area contributed by atoms with Gasteiger partial charge in [0.25, 0.3) is 5.88 Å². The molecule has 0 aliphatic carbocycles. The second-order valence-corrected chi connectivity index (χ2v) is 4.43. The van der Waals surface area contributed by atoms with Crippen LogP contribution in [0.15, 0.2) is 0 Å². The molecule has 0 saturated heterocycles. The molecular formula is C7H11N3O3S. The fraction of sp³-hybridized carbons (Fsp3) is 0.571. The molecule has 0 aliphatic heterocycles. The minimum Gasteiger partial charge on any atom is -0.470 e. The molecule has 0 saturated carbocycles. The summed E-state index contributed by atoms with van der Waals surface area (Å²) in [5, 5.41) is 10.3. The Morgan fingerprint density at radius 2 is 2.14 bits per heavy atom. The maximum Gasteiger partial charge on any atom is 0.370 e.